The second-order valence-electron chi connectivity index (χ2n) is 5.43. The van der Waals surface area contributed by atoms with Crippen LogP contribution in [-0.2, 0) is 21.3 Å². The molecule has 7 heteroatoms. The molecule has 0 unspecified atom stereocenters. The number of aryl methyl sites for hydroxylation is 1. The highest BCUT2D eigenvalue weighted by Gasteiger charge is 2.24. The first-order valence-corrected chi connectivity index (χ1v) is 9.45. The lowest BCUT2D eigenvalue weighted by Crippen LogP contribution is -2.40. The van der Waals surface area contributed by atoms with Gasteiger partial charge in [-0.15, -0.1) is 11.3 Å². The fraction of sp³-hybridized carbons (Fsp3) is 0.714. The van der Waals surface area contributed by atoms with E-state index >= 15 is 0 Å². The van der Waals surface area contributed by atoms with Crippen LogP contribution in [0, 0.1) is 6.92 Å². The van der Waals surface area contributed by atoms with Crippen LogP contribution >= 0.6 is 11.3 Å². The molecule has 0 radical (unpaired) electrons. The minimum absolute atomic E-state index is 0.251. The minimum atomic E-state index is -3.49. The lowest BCUT2D eigenvalue weighted by molar-refractivity contribution is -0.00515. The molecule has 1 rings (SSSR count). The molecule has 21 heavy (non-hydrogen) atoms. The molecule has 0 fully saturated rings. The van der Waals surface area contributed by atoms with E-state index < -0.39 is 15.6 Å². The average molecular weight is 335 g/mol. The van der Waals surface area contributed by atoms with E-state index in [1.165, 1.54) is 11.3 Å². The Bertz CT molecular complexity index is 551. The molecule has 1 aromatic heterocycles. The van der Waals surface area contributed by atoms with Crippen molar-refractivity contribution in [2.24, 2.45) is 0 Å². The standard InChI is InChI=1S/C14H26N2O3S2/c1-6-15-9-12-8-13(11(3)20-12)21(17,18)16-10-14(4,5)19-7-2/h8,15-16H,6-7,9-10H2,1-5H3. The summed E-state index contributed by atoms with van der Waals surface area (Å²) >= 11 is 1.51. The molecule has 2 N–H and O–H groups in total. The molecule has 0 bridgehead atoms. The average Bonchev–Trinajstić information content (AvgIpc) is 2.76. The summed E-state index contributed by atoms with van der Waals surface area (Å²) in [6.07, 6.45) is 0. The molecule has 0 aliphatic carbocycles. The zero-order valence-electron chi connectivity index (χ0n) is 13.4. The van der Waals surface area contributed by atoms with Crippen LogP contribution in [-0.4, -0.2) is 33.7 Å². The third-order valence-electron chi connectivity index (χ3n) is 2.98. The minimum Gasteiger partial charge on any atom is -0.375 e. The Labute approximate surface area is 132 Å². The number of thiophene rings is 1. The quantitative estimate of drug-likeness (QED) is 0.727. The monoisotopic (exact) mass is 334 g/mol. The molecular formula is C14H26N2O3S2. The van der Waals surface area contributed by atoms with Crippen LogP contribution in [0.15, 0.2) is 11.0 Å². The van der Waals surface area contributed by atoms with Gasteiger partial charge < -0.3 is 10.1 Å². The topological polar surface area (TPSA) is 67.4 Å². The third kappa shape index (κ3) is 5.67. The van der Waals surface area contributed by atoms with E-state index in [-0.39, 0.29) is 6.54 Å². The van der Waals surface area contributed by atoms with Crippen molar-refractivity contribution in [3.63, 3.8) is 0 Å². The van der Waals surface area contributed by atoms with Gasteiger partial charge in [0.25, 0.3) is 0 Å². The summed E-state index contributed by atoms with van der Waals surface area (Å²) in [5.74, 6) is 0. The van der Waals surface area contributed by atoms with Crippen LogP contribution in [0.4, 0.5) is 0 Å². The van der Waals surface area contributed by atoms with Gasteiger partial charge in [0.05, 0.1) is 10.5 Å². The first-order chi connectivity index (χ1) is 9.72. The lowest BCUT2D eigenvalue weighted by atomic mass is 10.1. The SMILES string of the molecule is CCNCc1cc(S(=O)(=O)NCC(C)(C)OCC)c(C)s1. The van der Waals surface area contributed by atoms with E-state index in [1.54, 1.807) is 6.07 Å². The summed E-state index contributed by atoms with van der Waals surface area (Å²) < 4.78 is 33.0. The van der Waals surface area contributed by atoms with E-state index in [4.69, 9.17) is 4.74 Å². The van der Waals surface area contributed by atoms with Crippen LogP contribution < -0.4 is 10.0 Å². The van der Waals surface area contributed by atoms with E-state index in [0.29, 0.717) is 18.0 Å². The number of hydrogen-bond acceptors (Lipinski definition) is 5. The summed E-state index contributed by atoms with van der Waals surface area (Å²) in [5.41, 5.74) is -0.516. The molecule has 0 saturated carbocycles. The number of hydrogen-bond donors (Lipinski definition) is 2. The second kappa shape index (κ2) is 7.69. The number of nitrogens with one attached hydrogen (secondary N) is 2. The Balaban J connectivity index is 2.81. The third-order valence-corrected chi connectivity index (χ3v) is 5.69. The van der Waals surface area contributed by atoms with Crippen LogP contribution in [0.1, 0.15) is 37.4 Å². The molecule has 0 aliphatic rings. The van der Waals surface area contributed by atoms with E-state index in [2.05, 4.69) is 10.0 Å². The molecule has 5 nitrogen and oxygen atoms in total. The second-order valence-corrected chi connectivity index (χ2v) is 8.51. The Morgan fingerprint density at radius 2 is 2.00 bits per heavy atom. The van der Waals surface area contributed by atoms with E-state index in [0.717, 1.165) is 16.3 Å². The van der Waals surface area contributed by atoms with Crippen molar-refractivity contribution in [3.05, 3.63) is 15.8 Å². The van der Waals surface area contributed by atoms with Crippen molar-refractivity contribution in [2.45, 2.75) is 51.7 Å². The lowest BCUT2D eigenvalue weighted by Gasteiger charge is -2.24. The Hall–Kier alpha value is -0.470. The highest BCUT2D eigenvalue weighted by atomic mass is 32.2. The summed E-state index contributed by atoms with van der Waals surface area (Å²) in [4.78, 5) is 2.20. The predicted octanol–water partition coefficient (Wildman–Crippen LogP) is 2.26. The fourth-order valence-corrected chi connectivity index (χ4v) is 4.72. The van der Waals surface area contributed by atoms with Gasteiger partial charge in [-0.05, 0) is 40.3 Å². The van der Waals surface area contributed by atoms with Gasteiger partial charge in [-0.1, -0.05) is 6.92 Å². The Morgan fingerprint density at radius 1 is 1.33 bits per heavy atom. The normalized spacial score (nSPS) is 12.8. The summed E-state index contributed by atoms with van der Waals surface area (Å²) in [7, 11) is -3.49. The maximum Gasteiger partial charge on any atom is 0.241 e. The Kier molecular flexibility index (Phi) is 6.80. The zero-order chi connectivity index (χ0) is 16.1. The molecule has 0 aromatic carbocycles. The molecular weight excluding hydrogens is 308 g/mol. The van der Waals surface area contributed by atoms with Crippen molar-refractivity contribution >= 4 is 21.4 Å². The van der Waals surface area contributed by atoms with Crippen molar-refractivity contribution in [3.8, 4) is 0 Å². The molecule has 0 aliphatic heterocycles. The first-order valence-electron chi connectivity index (χ1n) is 7.15. The van der Waals surface area contributed by atoms with Crippen molar-refractivity contribution in [1.82, 2.24) is 10.0 Å². The van der Waals surface area contributed by atoms with Crippen LogP contribution in [0.3, 0.4) is 0 Å². The molecule has 0 amide bonds. The van der Waals surface area contributed by atoms with Crippen LogP contribution in [0.25, 0.3) is 0 Å². The van der Waals surface area contributed by atoms with Crippen LogP contribution in [0.2, 0.25) is 0 Å². The molecule has 1 heterocycles. The van der Waals surface area contributed by atoms with Gasteiger partial charge in [0.15, 0.2) is 0 Å². The van der Waals surface area contributed by atoms with Crippen molar-refractivity contribution in [1.29, 1.82) is 0 Å². The van der Waals surface area contributed by atoms with Gasteiger partial charge in [0.2, 0.25) is 10.0 Å². The molecule has 0 spiro atoms. The highest BCUT2D eigenvalue weighted by molar-refractivity contribution is 7.89. The molecule has 0 atom stereocenters. The fourth-order valence-electron chi connectivity index (χ4n) is 1.91. The number of sulfonamides is 1. The zero-order valence-corrected chi connectivity index (χ0v) is 15.1. The maximum absolute atomic E-state index is 12.4. The Morgan fingerprint density at radius 3 is 2.57 bits per heavy atom. The first kappa shape index (κ1) is 18.6. The maximum atomic E-state index is 12.4. The molecule has 1 aromatic rings. The predicted molar refractivity (Wildman–Crippen MR) is 87.3 cm³/mol. The number of ether oxygens (including phenoxy) is 1. The van der Waals surface area contributed by atoms with Gasteiger partial charge in [0, 0.05) is 29.5 Å². The van der Waals surface area contributed by atoms with Gasteiger partial charge >= 0.3 is 0 Å². The van der Waals surface area contributed by atoms with Gasteiger partial charge in [-0.25, -0.2) is 13.1 Å². The smallest absolute Gasteiger partial charge is 0.241 e. The summed E-state index contributed by atoms with van der Waals surface area (Å²) in [5, 5.41) is 3.20. The largest absolute Gasteiger partial charge is 0.375 e. The van der Waals surface area contributed by atoms with Gasteiger partial charge in [0.1, 0.15) is 0 Å². The summed E-state index contributed by atoms with van der Waals surface area (Å²) in [6.45, 7) is 11.9. The molecule has 0 saturated heterocycles. The molecule has 122 valence electrons. The van der Waals surface area contributed by atoms with E-state index in [9.17, 15) is 8.42 Å². The van der Waals surface area contributed by atoms with Crippen LogP contribution in [0.5, 0.6) is 0 Å². The van der Waals surface area contributed by atoms with Crippen molar-refractivity contribution in [2.75, 3.05) is 19.7 Å². The van der Waals surface area contributed by atoms with Gasteiger partial charge in [-0.3, -0.25) is 0 Å². The number of rotatable bonds is 9. The highest BCUT2D eigenvalue weighted by Crippen LogP contribution is 2.25. The van der Waals surface area contributed by atoms with Gasteiger partial charge in [-0.2, -0.15) is 0 Å². The van der Waals surface area contributed by atoms with E-state index in [1.807, 2.05) is 34.6 Å². The summed E-state index contributed by atoms with van der Waals surface area (Å²) in [6, 6.07) is 1.75. The van der Waals surface area contributed by atoms with Crippen molar-refractivity contribution < 1.29 is 13.2 Å².